The summed E-state index contributed by atoms with van der Waals surface area (Å²) in [7, 11) is 0. The van der Waals surface area contributed by atoms with E-state index in [4.69, 9.17) is 4.74 Å². The van der Waals surface area contributed by atoms with Crippen LogP contribution in [0.3, 0.4) is 0 Å². The number of hydrogen-bond acceptors (Lipinski definition) is 4. The van der Waals surface area contributed by atoms with Crippen molar-refractivity contribution in [2.24, 2.45) is 0 Å². The zero-order chi connectivity index (χ0) is 22.8. The summed E-state index contributed by atoms with van der Waals surface area (Å²) in [6.07, 6.45) is 0. The Morgan fingerprint density at radius 1 is 0.938 bits per heavy atom. The lowest BCUT2D eigenvalue weighted by Gasteiger charge is -2.27. The number of aliphatic hydroxyl groups excluding tert-OH is 1. The summed E-state index contributed by atoms with van der Waals surface area (Å²) in [6.45, 7) is 6.31. The number of ketones is 1. The minimum Gasteiger partial charge on any atom is -0.507 e. The predicted octanol–water partition coefficient (Wildman–Crippen LogP) is 5.33. The van der Waals surface area contributed by atoms with Gasteiger partial charge in [-0.25, -0.2) is 0 Å². The van der Waals surface area contributed by atoms with E-state index < -0.39 is 17.7 Å². The maximum atomic E-state index is 13.2. The van der Waals surface area contributed by atoms with E-state index in [0.717, 1.165) is 16.7 Å². The molecule has 1 saturated heterocycles. The molecule has 0 saturated carbocycles. The number of Topliss-reactive ketones (excluding diaryl/α,β-unsaturated/α-hetero) is 1. The molecule has 1 fully saturated rings. The Hall–Kier alpha value is -3.86. The minimum atomic E-state index is -0.733. The molecule has 1 heterocycles. The molecule has 1 amide bonds. The van der Waals surface area contributed by atoms with Crippen LogP contribution >= 0.6 is 0 Å². The largest absolute Gasteiger partial charge is 0.507 e. The van der Waals surface area contributed by atoms with Gasteiger partial charge in [0.25, 0.3) is 11.7 Å². The summed E-state index contributed by atoms with van der Waals surface area (Å²) < 4.78 is 5.47. The molecular formula is C27H25NO4. The third-order valence-electron chi connectivity index (χ3n) is 5.83. The van der Waals surface area contributed by atoms with Crippen LogP contribution in [0.5, 0.6) is 5.75 Å². The number of amides is 1. The van der Waals surface area contributed by atoms with Gasteiger partial charge >= 0.3 is 0 Å². The van der Waals surface area contributed by atoms with E-state index in [-0.39, 0.29) is 11.3 Å². The maximum Gasteiger partial charge on any atom is 0.300 e. The fourth-order valence-corrected chi connectivity index (χ4v) is 4.06. The molecule has 1 atom stereocenters. The van der Waals surface area contributed by atoms with Crippen molar-refractivity contribution < 1.29 is 19.4 Å². The second-order valence-corrected chi connectivity index (χ2v) is 7.76. The topological polar surface area (TPSA) is 66.8 Å². The smallest absolute Gasteiger partial charge is 0.300 e. The summed E-state index contributed by atoms with van der Waals surface area (Å²) in [5.41, 5.74) is 3.87. The SMILES string of the molecule is CCOc1ccc(/C(O)=C2\C(=O)C(=O)N(c3cccc(C)c3C)C2c2ccccc2)cc1. The number of anilines is 1. The highest BCUT2D eigenvalue weighted by molar-refractivity contribution is 6.51. The predicted molar refractivity (Wildman–Crippen MR) is 125 cm³/mol. The highest BCUT2D eigenvalue weighted by Gasteiger charge is 2.47. The van der Waals surface area contributed by atoms with Crippen LogP contribution in [-0.4, -0.2) is 23.4 Å². The molecule has 32 heavy (non-hydrogen) atoms. The Bertz CT molecular complexity index is 1200. The zero-order valence-electron chi connectivity index (χ0n) is 18.3. The summed E-state index contributed by atoms with van der Waals surface area (Å²) in [5.74, 6) is -0.890. The standard InChI is InChI=1S/C27H25NO4/c1-4-32-21-15-13-20(14-16-21)25(29)23-24(19-10-6-5-7-11-19)28(27(31)26(23)30)22-12-8-9-17(2)18(22)3/h5-16,24,29H,4H2,1-3H3/b25-23+. The number of carbonyl (C=O) groups excluding carboxylic acids is 2. The van der Waals surface area contributed by atoms with Gasteiger partial charge in [0.2, 0.25) is 0 Å². The van der Waals surface area contributed by atoms with Gasteiger partial charge in [-0.1, -0.05) is 42.5 Å². The fourth-order valence-electron chi connectivity index (χ4n) is 4.06. The first-order chi connectivity index (χ1) is 15.4. The first kappa shape index (κ1) is 21.4. The van der Waals surface area contributed by atoms with Gasteiger partial charge in [0.15, 0.2) is 0 Å². The van der Waals surface area contributed by atoms with E-state index in [0.29, 0.717) is 23.6 Å². The first-order valence-electron chi connectivity index (χ1n) is 10.6. The Balaban J connectivity index is 1.91. The van der Waals surface area contributed by atoms with Crippen molar-refractivity contribution in [1.29, 1.82) is 0 Å². The highest BCUT2D eigenvalue weighted by atomic mass is 16.5. The number of hydrogen-bond donors (Lipinski definition) is 1. The van der Waals surface area contributed by atoms with Crippen LogP contribution in [0.25, 0.3) is 5.76 Å². The molecule has 0 aliphatic carbocycles. The highest BCUT2D eigenvalue weighted by Crippen LogP contribution is 2.43. The van der Waals surface area contributed by atoms with Gasteiger partial charge in [-0.3, -0.25) is 14.5 Å². The van der Waals surface area contributed by atoms with E-state index >= 15 is 0 Å². The number of ether oxygens (including phenoxy) is 1. The molecule has 0 bridgehead atoms. The van der Waals surface area contributed by atoms with E-state index in [1.54, 1.807) is 24.3 Å². The van der Waals surface area contributed by atoms with Crippen molar-refractivity contribution in [1.82, 2.24) is 0 Å². The molecular weight excluding hydrogens is 402 g/mol. The molecule has 4 rings (SSSR count). The Kier molecular flexibility index (Phi) is 5.82. The van der Waals surface area contributed by atoms with Crippen LogP contribution in [0.15, 0.2) is 78.4 Å². The first-order valence-corrected chi connectivity index (χ1v) is 10.6. The van der Waals surface area contributed by atoms with Crippen molar-refractivity contribution >= 4 is 23.1 Å². The van der Waals surface area contributed by atoms with Crippen molar-refractivity contribution in [3.8, 4) is 5.75 Å². The molecule has 0 aromatic heterocycles. The van der Waals surface area contributed by atoms with Crippen LogP contribution in [-0.2, 0) is 9.59 Å². The van der Waals surface area contributed by atoms with Gasteiger partial charge in [-0.15, -0.1) is 0 Å². The van der Waals surface area contributed by atoms with Gasteiger partial charge in [-0.2, -0.15) is 0 Å². The maximum absolute atomic E-state index is 13.2. The van der Waals surface area contributed by atoms with E-state index in [9.17, 15) is 14.7 Å². The average molecular weight is 428 g/mol. The normalized spacial score (nSPS) is 17.6. The Morgan fingerprint density at radius 2 is 1.62 bits per heavy atom. The van der Waals surface area contributed by atoms with Gasteiger partial charge < -0.3 is 9.84 Å². The summed E-state index contributed by atoms with van der Waals surface area (Å²) in [4.78, 5) is 28.0. The van der Waals surface area contributed by atoms with Crippen molar-refractivity contribution in [2.75, 3.05) is 11.5 Å². The molecule has 1 unspecified atom stereocenters. The lowest BCUT2D eigenvalue weighted by atomic mass is 9.94. The number of aliphatic hydroxyl groups is 1. The van der Waals surface area contributed by atoms with Crippen molar-refractivity contribution in [2.45, 2.75) is 26.8 Å². The number of rotatable bonds is 5. The molecule has 0 spiro atoms. The third-order valence-corrected chi connectivity index (χ3v) is 5.83. The minimum absolute atomic E-state index is 0.0752. The zero-order valence-corrected chi connectivity index (χ0v) is 18.3. The number of nitrogens with zero attached hydrogens (tertiary/aromatic N) is 1. The van der Waals surface area contributed by atoms with Crippen LogP contribution < -0.4 is 9.64 Å². The van der Waals surface area contributed by atoms with Crippen LogP contribution in [0, 0.1) is 13.8 Å². The fraction of sp³-hybridized carbons (Fsp3) is 0.185. The van der Waals surface area contributed by atoms with Gasteiger partial charge in [0.05, 0.1) is 18.2 Å². The monoisotopic (exact) mass is 427 g/mol. The quantitative estimate of drug-likeness (QED) is 0.340. The van der Waals surface area contributed by atoms with Gasteiger partial charge in [0, 0.05) is 11.3 Å². The van der Waals surface area contributed by atoms with Gasteiger partial charge in [0.1, 0.15) is 11.5 Å². The van der Waals surface area contributed by atoms with Crippen LogP contribution in [0.2, 0.25) is 0 Å². The number of carbonyl (C=O) groups is 2. The molecule has 3 aromatic rings. The Morgan fingerprint density at radius 3 is 2.28 bits per heavy atom. The van der Waals surface area contributed by atoms with Crippen LogP contribution in [0.1, 0.15) is 35.2 Å². The summed E-state index contributed by atoms with van der Waals surface area (Å²) >= 11 is 0. The molecule has 162 valence electrons. The summed E-state index contributed by atoms with van der Waals surface area (Å²) in [6, 6.07) is 21.1. The average Bonchev–Trinajstić information content (AvgIpc) is 3.07. The lowest BCUT2D eigenvalue weighted by Crippen LogP contribution is -2.30. The second kappa shape index (κ2) is 8.71. The van der Waals surface area contributed by atoms with Crippen molar-refractivity contribution in [3.05, 3.63) is 101 Å². The lowest BCUT2D eigenvalue weighted by molar-refractivity contribution is -0.132. The molecule has 1 aliphatic heterocycles. The van der Waals surface area contributed by atoms with Crippen molar-refractivity contribution in [3.63, 3.8) is 0 Å². The van der Waals surface area contributed by atoms with E-state index in [2.05, 4.69) is 0 Å². The van der Waals surface area contributed by atoms with Gasteiger partial charge in [-0.05, 0) is 67.8 Å². The van der Waals surface area contributed by atoms with E-state index in [1.165, 1.54) is 4.90 Å². The van der Waals surface area contributed by atoms with Crippen LogP contribution in [0.4, 0.5) is 5.69 Å². The van der Waals surface area contributed by atoms with E-state index in [1.807, 2.05) is 69.3 Å². The third kappa shape index (κ3) is 3.66. The molecule has 1 N–H and O–H groups in total. The molecule has 5 nitrogen and oxygen atoms in total. The Labute approximate surface area is 187 Å². The number of benzene rings is 3. The molecule has 5 heteroatoms. The summed E-state index contributed by atoms with van der Waals surface area (Å²) in [5, 5.41) is 11.2. The second-order valence-electron chi connectivity index (χ2n) is 7.76. The molecule has 0 radical (unpaired) electrons. The molecule has 1 aliphatic rings. The number of aryl methyl sites for hydroxylation is 1. The molecule has 3 aromatic carbocycles.